The van der Waals surface area contributed by atoms with E-state index in [0.717, 1.165) is 24.1 Å². The molecule has 2 aromatic rings. The van der Waals surface area contributed by atoms with Crippen molar-refractivity contribution in [3.8, 4) is 11.9 Å². The molecule has 2 fully saturated rings. The summed E-state index contributed by atoms with van der Waals surface area (Å²) in [5.74, 6) is 0.248. The molecule has 8 heteroatoms. The van der Waals surface area contributed by atoms with Crippen LogP contribution in [-0.2, 0) is 9.59 Å². The van der Waals surface area contributed by atoms with Crippen LogP contribution in [0.2, 0.25) is 0 Å². The highest BCUT2D eigenvalue weighted by Gasteiger charge is 2.38. The van der Waals surface area contributed by atoms with Crippen LogP contribution < -0.4 is 14.4 Å². The van der Waals surface area contributed by atoms with Crippen LogP contribution in [-0.4, -0.2) is 59.5 Å². The van der Waals surface area contributed by atoms with Crippen molar-refractivity contribution < 1.29 is 19.1 Å². The van der Waals surface area contributed by atoms with Crippen LogP contribution >= 0.6 is 0 Å². The van der Waals surface area contributed by atoms with E-state index >= 15 is 0 Å². The number of rotatable bonds is 5. The Balaban J connectivity index is 1.31. The first kappa shape index (κ1) is 20.1. The van der Waals surface area contributed by atoms with Crippen molar-refractivity contribution in [2.75, 3.05) is 31.6 Å². The summed E-state index contributed by atoms with van der Waals surface area (Å²) < 4.78 is 10.9. The molecule has 2 aliphatic rings. The zero-order chi connectivity index (χ0) is 21.1. The highest BCUT2D eigenvalue weighted by molar-refractivity contribution is 6.00. The number of carbonyl (C=O) groups excluding carboxylic acids is 2. The molecule has 3 heterocycles. The van der Waals surface area contributed by atoms with Gasteiger partial charge in [-0.3, -0.25) is 9.59 Å². The summed E-state index contributed by atoms with van der Waals surface area (Å²) in [6.07, 6.45) is 3.30. The molecule has 1 aromatic carbocycles. The van der Waals surface area contributed by atoms with E-state index in [1.54, 1.807) is 17.2 Å². The van der Waals surface area contributed by atoms with Gasteiger partial charge in [0.25, 0.3) is 0 Å². The summed E-state index contributed by atoms with van der Waals surface area (Å²) in [6, 6.07) is 9.80. The number of aryl methyl sites for hydroxylation is 1. The van der Waals surface area contributed by atoms with E-state index in [0.29, 0.717) is 25.5 Å². The molecule has 2 aliphatic heterocycles. The SMILES string of the molecule is COc1nccc(OC2CCN(C(=O)C3CC(=O)N(c4ccc(C)cc4)C3)CC2)n1. The molecule has 1 unspecified atom stereocenters. The third-order valence-electron chi connectivity index (χ3n) is 5.65. The van der Waals surface area contributed by atoms with E-state index in [-0.39, 0.29) is 36.3 Å². The Labute approximate surface area is 175 Å². The lowest BCUT2D eigenvalue weighted by Gasteiger charge is -2.33. The van der Waals surface area contributed by atoms with Crippen LogP contribution in [0.1, 0.15) is 24.8 Å². The fraction of sp³-hybridized carbons (Fsp3) is 0.455. The van der Waals surface area contributed by atoms with Gasteiger partial charge in [-0.1, -0.05) is 17.7 Å². The Morgan fingerprint density at radius 1 is 1.13 bits per heavy atom. The molecule has 2 saturated heterocycles. The Kier molecular flexibility index (Phi) is 5.83. The van der Waals surface area contributed by atoms with E-state index in [9.17, 15) is 9.59 Å². The summed E-state index contributed by atoms with van der Waals surface area (Å²) >= 11 is 0. The number of hydrogen-bond acceptors (Lipinski definition) is 6. The van der Waals surface area contributed by atoms with Crippen LogP contribution in [0, 0.1) is 12.8 Å². The molecular weight excluding hydrogens is 384 g/mol. The number of aromatic nitrogens is 2. The van der Waals surface area contributed by atoms with E-state index in [4.69, 9.17) is 9.47 Å². The predicted molar refractivity (Wildman–Crippen MR) is 110 cm³/mol. The molecule has 158 valence electrons. The first-order chi connectivity index (χ1) is 14.5. The number of piperidine rings is 1. The smallest absolute Gasteiger partial charge is 0.319 e. The van der Waals surface area contributed by atoms with Gasteiger partial charge in [-0.15, -0.1) is 0 Å². The number of nitrogens with zero attached hydrogens (tertiary/aromatic N) is 4. The van der Waals surface area contributed by atoms with Crippen LogP contribution in [0.3, 0.4) is 0 Å². The zero-order valence-electron chi connectivity index (χ0n) is 17.3. The van der Waals surface area contributed by atoms with E-state index in [1.165, 1.54) is 7.11 Å². The van der Waals surface area contributed by atoms with E-state index < -0.39 is 0 Å². The van der Waals surface area contributed by atoms with Gasteiger partial charge in [0.2, 0.25) is 17.7 Å². The van der Waals surface area contributed by atoms with Crippen molar-refractivity contribution in [2.45, 2.75) is 32.3 Å². The molecule has 1 aromatic heterocycles. The average Bonchev–Trinajstić information content (AvgIpc) is 3.16. The minimum Gasteiger partial charge on any atom is -0.474 e. The third kappa shape index (κ3) is 4.37. The molecule has 8 nitrogen and oxygen atoms in total. The number of likely N-dealkylation sites (tertiary alicyclic amines) is 1. The van der Waals surface area contributed by atoms with Gasteiger partial charge in [0.15, 0.2) is 0 Å². The standard InChI is InChI=1S/C22H26N4O4/c1-15-3-5-17(6-4-15)26-14-16(13-20(26)27)21(28)25-11-8-18(9-12-25)30-19-7-10-23-22(24-19)29-2/h3-7,10,16,18H,8-9,11-14H2,1-2H3. The van der Waals surface area contributed by atoms with Crippen molar-refractivity contribution >= 4 is 17.5 Å². The van der Waals surface area contributed by atoms with Gasteiger partial charge in [0.05, 0.1) is 13.0 Å². The number of carbonyl (C=O) groups is 2. The highest BCUT2D eigenvalue weighted by Crippen LogP contribution is 2.28. The van der Waals surface area contributed by atoms with Gasteiger partial charge in [-0.2, -0.15) is 4.98 Å². The van der Waals surface area contributed by atoms with Gasteiger partial charge < -0.3 is 19.3 Å². The van der Waals surface area contributed by atoms with Crippen molar-refractivity contribution in [1.82, 2.24) is 14.9 Å². The third-order valence-corrected chi connectivity index (χ3v) is 5.65. The molecule has 0 spiro atoms. The minimum absolute atomic E-state index is 0.00753. The Bertz CT molecular complexity index is 910. The van der Waals surface area contributed by atoms with E-state index in [1.807, 2.05) is 36.1 Å². The molecule has 4 rings (SSSR count). The van der Waals surface area contributed by atoms with Crippen molar-refractivity contribution in [1.29, 1.82) is 0 Å². The van der Waals surface area contributed by atoms with Gasteiger partial charge in [0.1, 0.15) is 6.10 Å². The monoisotopic (exact) mass is 410 g/mol. The average molecular weight is 410 g/mol. The fourth-order valence-electron chi connectivity index (χ4n) is 3.96. The summed E-state index contributed by atoms with van der Waals surface area (Å²) in [5.41, 5.74) is 2.00. The van der Waals surface area contributed by atoms with Crippen molar-refractivity contribution in [3.05, 3.63) is 42.1 Å². The largest absolute Gasteiger partial charge is 0.474 e. The van der Waals surface area contributed by atoms with Gasteiger partial charge in [-0.25, -0.2) is 4.98 Å². The topological polar surface area (TPSA) is 84.9 Å². The number of anilines is 1. The minimum atomic E-state index is -0.289. The molecule has 0 saturated carbocycles. The van der Waals surface area contributed by atoms with Crippen LogP contribution in [0.5, 0.6) is 11.9 Å². The molecular formula is C22H26N4O4. The lowest BCUT2D eigenvalue weighted by molar-refractivity contribution is -0.137. The number of ether oxygens (including phenoxy) is 2. The number of benzene rings is 1. The number of methoxy groups -OCH3 is 1. The summed E-state index contributed by atoms with van der Waals surface area (Å²) in [6.45, 7) is 3.68. The number of hydrogen-bond donors (Lipinski definition) is 0. The Hall–Kier alpha value is -3.16. The number of amides is 2. The second kappa shape index (κ2) is 8.69. The van der Waals surface area contributed by atoms with Crippen LogP contribution in [0.25, 0.3) is 0 Å². The summed E-state index contributed by atoms with van der Waals surface area (Å²) in [5, 5.41) is 0. The fourth-order valence-corrected chi connectivity index (χ4v) is 3.96. The normalized spacial score (nSPS) is 19.8. The lowest BCUT2D eigenvalue weighted by Crippen LogP contribution is -2.45. The van der Waals surface area contributed by atoms with Crippen LogP contribution in [0.15, 0.2) is 36.5 Å². The molecule has 1 atom stereocenters. The van der Waals surface area contributed by atoms with Gasteiger partial charge in [0, 0.05) is 56.8 Å². The second-order valence-electron chi connectivity index (χ2n) is 7.77. The second-order valence-corrected chi connectivity index (χ2v) is 7.77. The quantitative estimate of drug-likeness (QED) is 0.751. The molecule has 0 radical (unpaired) electrons. The van der Waals surface area contributed by atoms with Crippen LogP contribution in [0.4, 0.5) is 5.69 Å². The zero-order valence-corrected chi connectivity index (χ0v) is 17.3. The predicted octanol–water partition coefficient (Wildman–Crippen LogP) is 2.22. The molecule has 30 heavy (non-hydrogen) atoms. The lowest BCUT2D eigenvalue weighted by atomic mass is 10.0. The maximum Gasteiger partial charge on any atom is 0.319 e. The first-order valence-electron chi connectivity index (χ1n) is 10.2. The maximum absolute atomic E-state index is 13.0. The maximum atomic E-state index is 13.0. The summed E-state index contributed by atoms with van der Waals surface area (Å²) in [4.78, 5) is 37.2. The highest BCUT2D eigenvalue weighted by atomic mass is 16.5. The Morgan fingerprint density at radius 3 is 2.57 bits per heavy atom. The van der Waals surface area contributed by atoms with Gasteiger partial charge in [-0.05, 0) is 19.1 Å². The molecule has 0 aliphatic carbocycles. The van der Waals surface area contributed by atoms with Gasteiger partial charge >= 0.3 is 6.01 Å². The first-order valence-corrected chi connectivity index (χ1v) is 10.2. The van der Waals surface area contributed by atoms with Crippen molar-refractivity contribution in [2.24, 2.45) is 5.92 Å². The summed E-state index contributed by atoms with van der Waals surface area (Å²) in [7, 11) is 1.51. The van der Waals surface area contributed by atoms with Crippen molar-refractivity contribution in [3.63, 3.8) is 0 Å². The molecule has 2 amide bonds. The Morgan fingerprint density at radius 2 is 1.87 bits per heavy atom. The molecule has 0 N–H and O–H groups in total. The molecule has 0 bridgehead atoms. The van der Waals surface area contributed by atoms with E-state index in [2.05, 4.69) is 9.97 Å².